The molecule has 2 heterocycles. The third-order valence-electron chi connectivity index (χ3n) is 6.30. The number of H-pyrrole nitrogens is 1. The number of nitrogens with zero attached hydrogens (tertiary/aromatic N) is 3. The smallest absolute Gasteiger partial charge is 0.317 e. The van der Waals surface area contributed by atoms with E-state index >= 15 is 0 Å². The molecule has 1 saturated carbocycles. The van der Waals surface area contributed by atoms with Crippen LogP contribution < -0.4 is 5.32 Å². The van der Waals surface area contributed by atoms with Crippen LogP contribution in [0.15, 0.2) is 6.33 Å². The number of piperidine rings is 1. The average Bonchev–Trinajstić information content (AvgIpc) is 3.21. The molecule has 27 heavy (non-hydrogen) atoms. The number of likely N-dealkylation sites (tertiary alicyclic amines) is 1. The van der Waals surface area contributed by atoms with Gasteiger partial charge >= 0.3 is 6.03 Å². The van der Waals surface area contributed by atoms with Gasteiger partial charge in [0.15, 0.2) is 5.82 Å². The molecular formula is C20H35N5O2. The molecule has 1 saturated heterocycles. The van der Waals surface area contributed by atoms with Crippen molar-refractivity contribution < 1.29 is 9.53 Å². The summed E-state index contributed by atoms with van der Waals surface area (Å²) < 4.78 is 6.35. The van der Waals surface area contributed by atoms with E-state index in [4.69, 9.17) is 4.74 Å². The molecule has 2 atom stereocenters. The Balaban J connectivity index is 1.64. The quantitative estimate of drug-likeness (QED) is 0.797. The minimum absolute atomic E-state index is 0.00477. The molecule has 0 bridgehead atoms. The fraction of sp³-hybridized carbons (Fsp3) is 0.850. The first-order valence-corrected chi connectivity index (χ1v) is 10.6. The lowest BCUT2D eigenvalue weighted by Crippen LogP contribution is -2.53. The van der Waals surface area contributed by atoms with Gasteiger partial charge in [-0.3, -0.25) is 5.10 Å². The number of aromatic nitrogens is 3. The van der Waals surface area contributed by atoms with Gasteiger partial charge in [0.2, 0.25) is 0 Å². The summed E-state index contributed by atoms with van der Waals surface area (Å²) in [6.45, 7) is 8.55. The fourth-order valence-corrected chi connectivity index (χ4v) is 4.62. The highest BCUT2D eigenvalue weighted by atomic mass is 16.5. The normalized spacial score (nSPS) is 29.1. The molecule has 152 valence electrons. The number of rotatable bonds is 6. The highest BCUT2D eigenvalue weighted by molar-refractivity contribution is 5.74. The van der Waals surface area contributed by atoms with Crippen LogP contribution in [0.4, 0.5) is 4.79 Å². The summed E-state index contributed by atoms with van der Waals surface area (Å²) >= 11 is 0. The molecule has 1 aromatic heterocycles. The van der Waals surface area contributed by atoms with Crippen molar-refractivity contribution in [2.45, 2.75) is 77.4 Å². The number of urea groups is 1. The SMILES string of the molecule is CCNC(=O)N1CCCC(c2nc[nH]n2)C1CO[C@H]1CC[C@@H](C(C)C)CC1. The monoisotopic (exact) mass is 377 g/mol. The molecule has 2 aliphatic rings. The molecule has 0 aromatic carbocycles. The first kappa shape index (κ1) is 20.1. The van der Waals surface area contributed by atoms with Crippen molar-refractivity contribution in [1.82, 2.24) is 25.4 Å². The lowest BCUT2D eigenvalue weighted by molar-refractivity contribution is -0.0241. The Bertz CT molecular complexity index is 569. The van der Waals surface area contributed by atoms with E-state index in [0.717, 1.165) is 49.9 Å². The highest BCUT2D eigenvalue weighted by Gasteiger charge is 2.38. The Morgan fingerprint density at radius 3 is 2.74 bits per heavy atom. The zero-order valence-electron chi connectivity index (χ0n) is 17.0. The molecule has 3 rings (SSSR count). The first-order valence-electron chi connectivity index (χ1n) is 10.6. The summed E-state index contributed by atoms with van der Waals surface area (Å²) in [5.41, 5.74) is 0. The molecule has 1 aromatic rings. The average molecular weight is 378 g/mol. The molecule has 1 aliphatic heterocycles. The van der Waals surface area contributed by atoms with E-state index in [9.17, 15) is 4.79 Å². The second-order valence-corrected chi connectivity index (χ2v) is 8.32. The lowest BCUT2D eigenvalue weighted by Gasteiger charge is -2.41. The Hall–Kier alpha value is -1.63. The van der Waals surface area contributed by atoms with Gasteiger partial charge in [0.05, 0.1) is 18.8 Å². The van der Waals surface area contributed by atoms with Crippen molar-refractivity contribution >= 4 is 6.03 Å². The minimum Gasteiger partial charge on any atom is -0.376 e. The van der Waals surface area contributed by atoms with Gasteiger partial charge in [-0.1, -0.05) is 13.8 Å². The zero-order chi connectivity index (χ0) is 19.2. The lowest BCUT2D eigenvalue weighted by atomic mass is 9.80. The van der Waals surface area contributed by atoms with Crippen LogP contribution >= 0.6 is 0 Å². The topological polar surface area (TPSA) is 83.1 Å². The maximum absolute atomic E-state index is 12.6. The summed E-state index contributed by atoms with van der Waals surface area (Å²) in [5, 5.41) is 10.1. The van der Waals surface area contributed by atoms with E-state index in [0.29, 0.717) is 19.3 Å². The predicted octanol–water partition coefficient (Wildman–Crippen LogP) is 3.31. The van der Waals surface area contributed by atoms with E-state index in [1.807, 2.05) is 11.8 Å². The summed E-state index contributed by atoms with van der Waals surface area (Å²) in [5.74, 6) is 2.50. The highest BCUT2D eigenvalue weighted by Crippen LogP contribution is 2.34. The second kappa shape index (κ2) is 9.53. The number of hydrogen-bond donors (Lipinski definition) is 2. The number of aromatic amines is 1. The molecule has 2 fully saturated rings. The van der Waals surface area contributed by atoms with Gasteiger partial charge in [-0.2, -0.15) is 5.10 Å². The number of carbonyl (C=O) groups excluding carboxylic acids is 1. The van der Waals surface area contributed by atoms with Crippen molar-refractivity contribution in [2.24, 2.45) is 11.8 Å². The largest absolute Gasteiger partial charge is 0.376 e. The molecule has 1 aliphatic carbocycles. The van der Waals surface area contributed by atoms with Crippen molar-refractivity contribution in [3.05, 3.63) is 12.2 Å². The Labute approximate surface area is 162 Å². The maximum Gasteiger partial charge on any atom is 0.317 e. The first-order chi connectivity index (χ1) is 13.1. The number of carbonyl (C=O) groups is 1. The van der Waals surface area contributed by atoms with Crippen molar-refractivity contribution in [2.75, 3.05) is 19.7 Å². The molecule has 0 spiro atoms. The van der Waals surface area contributed by atoms with Gasteiger partial charge in [0, 0.05) is 19.0 Å². The summed E-state index contributed by atoms with van der Waals surface area (Å²) in [6.07, 6.45) is 8.63. The second-order valence-electron chi connectivity index (χ2n) is 8.32. The van der Waals surface area contributed by atoms with E-state index in [1.165, 1.54) is 12.8 Å². The Morgan fingerprint density at radius 2 is 2.11 bits per heavy atom. The standard InChI is InChI=1S/C20H35N5O2/c1-4-21-20(26)25-11-5-6-17(19-22-13-23-24-19)18(25)12-27-16-9-7-15(8-10-16)14(2)3/h13-18H,4-12H2,1-3H3,(H,21,26)(H,22,23,24)/t15-,16+,17?,18?. The third-order valence-corrected chi connectivity index (χ3v) is 6.30. The minimum atomic E-state index is -0.0103. The molecule has 2 unspecified atom stereocenters. The molecule has 2 N–H and O–H groups in total. The zero-order valence-corrected chi connectivity index (χ0v) is 17.0. The van der Waals surface area contributed by atoms with Gasteiger partial charge in [-0.05, 0) is 57.3 Å². The molecular weight excluding hydrogens is 342 g/mol. The number of hydrogen-bond acceptors (Lipinski definition) is 4. The van der Waals surface area contributed by atoms with Gasteiger partial charge in [-0.25, -0.2) is 9.78 Å². The molecule has 2 amide bonds. The van der Waals surface area contributed by atoms with E-state index < -0.39 is 0 Å². The van der Waals surface area contributed by atoms with Crippen LogP contribution in [0.25, 0.3) is 0 Å². The maximum atomic E-state index is 12.6. The molecule has 7 nitrogen and oxygen atoms in total. The van der Waals surface area contributed by atoms with Crippen LogP contribution in [0.5, 0.6) is 0 Å². The summed E-state index contributed by atoms with van der Waals surface area (Å²) in [6, 6.07) is -0.0150. The van der Waals surface area contributed by atoms with E-state index in [-0.39, 0.29) is 18.0 Å². The van der Waals surface area contributed by atoms with Crippen LogP contribution in [-0.4, -0.2) is 58.0 Å². The van der Waals surface area contributed by atoms with E-state index in [2.05, 4.69) is 34.3 Å². The number of amides is 2. The van der Waals surface area contributed by atoms with Crippen LogP contribution in [0.3, 0.4) is 0 Å². The predicted molar refractivity (Wildman–Crippen MR) is 104 cm³/mol. The molecule has 0 radical (unpaired) electrons. The van der Waals surface area contributed by atoms with Crippen molar-refractivity contribution in [3.63, 3.8) is 0 Å². The summed E-state index contributed by atoms with van der Waals surface area (Å²) in [7, 11) is 0. The van der Waals surface area contributed by atoms with Gasteiger partial charge in [-0.15, -0.1) is 0 Å². The van der Waals surface area contributed by atoms with E-state index in [1.54, 1.807) is 6.33 Å². The number of nitrogens with one attached hydrogen (secondary N) is 2. The van der Waals surface area contributed by atoms with Crippen LogP contribution in [0.1, 0.15) is 71.0 Å². The van der Waals surface area contributed by atoms with Crippen LogP contribution in [-0.2, 0) is 4.74 Å². The molecule has 7 heteroatoms. The third kappa shape index (κ3) is 5.00. The fourth-order valence-electron chi connectivity index (χ4n) is 4.62. The summed E-state index contributed by atoms with van der Waals surface area (Å²) in [4.78, 5) is 18.9. The number of ether oxygens (including phenoxy) is 1. The Kier molecular flexibility index (Phi) is 7.10. The van der Waals surface area contributed by atoms with Gasteiger partial charge in [0.1, 0.15) is 6.33 Å². The van der Waals surface area contributed by atoms with Gasteiger partial charge in [0.25, 0.3) is 0 Å². The Morgan fingerprint density at radius 1 is 1.33 bits per heavy atom. The van der Waals surface area contributed by atoms with Crippen molar-refractivity contribution in [3.8, 4) is 0 Å². The van der Waals surface area contributed by atoms with Gasteiger partial charge < -0.3 is 15.0 Å². The van der Waals surface area contributed by atoms with Crippen molar-refractivity contribution in [1.29, 1.82) is 0 Å². The van der Waals surface area contributed by atoms with Crippen LogP contribution in [0.2, 0.25) is 0 Å². The van der Waals surface area contributed by atoms with Crippen LogP contribution in [0, 0.1) is 11.8 Å².